The van der Waals surface area contributed by atoms with Crippen LogP contribution < -0.4 is 0 Å². The van der Waals surface area contributed by atoms with E-state index < -0.39 is 24.2 Å². The molecule has 1 rings (SSSR count). The molecule has 68 valence electrons. The van der Waals surface area contributed by atoms with Crippen molar-refractivity contribution in [3.63, 3.8) is 0 Å². The molecule has 0 aromatic heterocycles. The van der Waals surface area contributed by atoms with Crippen LogP contribution >= 0.6 is 0 Å². The molecule has 0 saturated carbocycles. The standard InChI is InChI=1S/C7H8BNO4/c8-13-7(12)5-2-1-3-9(5)6(11)4-10/h4-5H,1-3H2/t5-/m0/s1/i4D. The Balaban J connectivity index is 2.73. The van der Waals surface area contributed by atoms with E-state index in [1.165, 1.54) is 0 Å². The second-order valence-corrected chi connectivity index (χ2v) is 2.70. The van der Waals surface area contributed by atoms with Crippen LogP contribution in [0.1, 0.15) is 14.2 Å². The summed E-state index contributed by atoms with van der Waals surface area (Å²) in [6.07, 6.45) is -0.324. The predicted octanol–water partition coefficient (Wildman–Crippen LogP) is -1.20. The number of amides is 1. The van der Waals surface area contributed by atoms with Crippen molar-refractivity contribution >= 4 is 26.2 Å². The highest BCUT2D eigenvalue weighted by atomic mass is 16.5. The van der Waals surface area contributed by atoms with Crippen molar-refractivity contribution in [3.8, 4) is 0 Å². The molecule has 1 aliphatic heterocycles. The molecule has 1 amide bonds. The Hall–Kier alpha value is -1.33. The van der Waals surface area contributed by atoms with E-state index >= 15 is 0 Å². The second-order valence-electron chi connectivity index (χ2n) is 2.70. The third kappa shape index (κ3) is 1.88. The summed E-state index contributed by atoms with van der Waals surface area (Å²) in [6, 6.07) is -0.818. The zero-order chi connectivity index (χ0) is 10.7. The first kappa shape index (κ1) is 8.28. The van der Waals surface area contributed by atoms with Gasteiger partial charge in [-0.1, -0.05) is 0 Å². The van der Waals surface area contributed by atoms with Gasteiger partial charge in [0, 0.05) is 6.54 Å². The van der Waals surface area contributed by atoms with Crippen molar-refractivity contribution in [2.45, 2.75) is 18.9 Å². The van der Waals surface area contributed by atoms with E-state index in [0.717, 1.165) is 4.90 Å². The molecule has 0 spiro atoms. The summed E-state index contributed by atoms with van der Waals surface area (Å²) in [5.74, 6) is -1.74. The van der Waals surface area contributed by atoms with Gasteiger partial charge in [-0.2, -0.15) is 0 Å². The predicted molar refractivity (Wildman–Crippen MR) is 42.6 cm³/mol. The van der Waals surface area contributed by atoms with Gasteiger partial charge in [-0.05, 0) is 12.8 Å². The van der Waals surface area contributed by atoms with Crippen molar-refractivity contribution in [2.75, 3.05) is 6.54 Å². The molecule has 1 heterocycles. The minimum Gasteiger partial charge on any atom is -0.542 e. The third-order valence-electron chi connectivity index (χ3n) is 1.99. The van der Waals surface area contributed by atoms with Gasteiger partial charge in [-0.3, -0.25) is 14.4 Å². The van der Waals surface area contributed by atoms with Gasteiger partial charge in [0.1, 0.15) is 7.41 Å². The van der Waals surface area contributed by atoms with Gasteiger partial charge in [0.05, 0.1) is 0 Å². The Kier molecular flexibility index (Phi) is 2.59. The minimum absolute atomic E-state index is 0.281. The van der Waals surface area contributed by atoms with Crippen LogP contribution in [0.15, 0.2) is 0 Å². The smallest absolute Gasteiger partial charge is 0.378 e. The van der Waals surface area contributed by atoms with Gasteiger partial charge in [-0.15, -0.1) is 0 Å². The Morgan fingerprint density at radius 2 is 2.38 bits per heavy atom. The number of hydrogen-bond acceptors (Lipinski definition) is 4. The summed E-state index contributed by atoms with van der Waals surface area (Å²) in [7, 11) is 4.67. The largest absolute Gasteiger partial charge is 0.542 e. The number of rotatable bonds is 2. The molecule has 1 aliphatic rings. The molecule has 2 radical (unpaired) electrons. The summed E-state index contributed by atoms with van der Waals surface area (Å²) in [4.78, 5) is 33.7. The molecular formula is C7H8BNO4. The highest BCUT2D eigenvalue weighted by Crippen LogP contribution is 2.17. The highest BCUT2D eigenvalue weighted by molar-refractivity contribution is 6.24. The molecule has 0 aromatic rings. The molecule has 0 N–H and O–H groups in total. The molecule has 13 heavy (non-hydrogen) atoms. The lowest BCUT2D eigenvalue weighted by Gasteiger charge is -2.19. The van der Waals surface area contributed by atoms with Gasteiger partial charge in [-0.25, -0.2) is 0 Å². The van der Waals surface area contributed by atoms with Crippen molar-refractivity contribution in [2.24, 2.45) is 0 Å². The SMILES string of the molecule is [2H]C(=O)C(=O)N1CCC[C@H]1C(=O)O[B]. The maximum absolute atomic E-state index is 11.1. The fourth-order valence-electron chi connectivity index (χ4n) is 1.39. The Morgan fingerprint density at radius 1 is 1.69 bits per heavy atom. The average molecular weight is 182 g/mol. The molecule has 0 aromatic carbocycles. The molecule has 1 saturated heterocycles. The summed E-state index contributed by atoms with van der Waals surface area (Å²) >= 11 is 0. The fraction of sp³-hybridized carbons (Fsp3) is 0.571. The fourth-order valence-corrected chi connectivity index (χ4v) is 1.39. The maximum Gasteiger partial charge on any atom is 0.378 e. The first-order valence-corrected chi connectivity index (χ1v) is 3.80. The van der Waals surface area contributed by atoms with E-state index in [1.807, 2.05) is 0 Å². The van der Waals surface area contributed by atoms with E-state index in [1.54, 1.807) is 0 Å². The van der Waals surface area contributed by atoms with E-state index in [4.69, 9.17) is 1.37 Å². The molecule has 5 nitrogen and oxygen atoms in total. The Morgan fingerprint density at radius 3 is 2.92 bits per heavy atom. The lowest BCUT2D eigenvalue weighted by atomic mass is 10.2. The molecular weight excluding hydrogens is 173 g/mol. The Labute approximate surface area is 77.9 Å². The maximum atomic E-state index is 11.1. The number of likely N-dealkylation sites (tertiary alicyclic amines) is 1. The Bertz CT molecular complexity index is 283. The monoisotopic (exact) mass is 182 g/mol. The zero-order valence-electron chi connectivity index (χ0n) is 7.86. The van der Waals surface area contributed by atoms with Crippen LogP contribution in [0, 0.1) is 0 Å². The quantitative estimate of drug-likeness (QED) is 0.305. The van der Waals surface area contributed by atoms with Gasteiger partial charge in [0.2, 0.25) is 6.26 Å². The first-order valence-electron chi connectivity index (χ1n) is 4.30. The van der Waals surface area contributed by atoms with E-state index in [-0.39, 0.29) is 6.54 Å². The van der Waals surface area contributed by atoms with Gasteiger partial charge in [0.25, 0.3) is 5.91 Å². The number of nitrogens with zero attached hydrogens (tertiary/aromatic N) is 1. The number of aldehydes is 1. The molecule has 6 heteroatoms. The van der Waals surface area contributed by atoms with Crippen molar-refractivity contribution < 1.29 is 20.4 Å². The number of carbonyl (C=O) groups is 3. The van der Waals surface area contributed by atoms with E-state index in [0.29, 0.717) is 12.8 Å². The van der Waals surface area contributed by atoms with Crippen molar-refractivity contribution in [1.82, 2.24) is 4.90 Å². The van der Waals surface area contributed by atoms with Crippen LogP contribution in [0.25, 0.3) is 0 Å². The lowest BCUT2D eigenvalue weighted by Crippen LogP contribution is -2.41. The van der Waals surface area contributed by atoms with Gasteiger partial charge >= 0.3 is 14.0 Å². The van der Waals surface area contributed by atoms with Gasteiger partial charge < -0.3 is 9.55 Å². The number of hydrogen-bond donors (Lipinski definition) is 0. The first-order chi connectivity index (χ1) is 6.57. The van der Waals surface area contributed by atoms with Crippen LogP contribution in [-0.2, 0) is 19.0 Å². The van der Waals surface area contributed by atoms with Crippen molar-refractivity contribution in [3.05, 3.63) is 0 Å². The molecule has 1 fully saturated rings. The summed E-state index contributed by atoms with van der Waals surface area (Å²) in [5, 5.41) is 0. The summed E-state index contributed by atoms with van der Waals surface area (Å²) in [6.45, 7) is 0.281. The zero-order valence-corrected chi connectivity index (χ0v) is 6.86. The van der Waals surface area contributed by atoms with Crippen LogP contribution in [0.5, 0.6) is 0 Å². The lowest BCUT2D eigenvalue weighted by molar-refractivity contribution is -0.147. The topological polar surface area (TPSA) is 63.7 Å². The van der Waals surface area contributed by atoms with Crippen LogP contribution in [0.3, 0.4) is 0 Å². The van der Waals surface area contributed by atoms with Gasteiger partial charge in [0.15, 0.2) is 0 Å². The van der Waals surface area contributed by atoms with Crippen LogP contribution in [-0.4, -0.2) is 43.7 Å². The number of carbonyl (C=O) groups excluding carboxylic acids is 3. The minimum atomic E-state index is -1.33. The van der Waals surface area contributed by atoms with Crippen LogP contribution in [0.4, 0.5) is 0 Å². The highest BCUT2D eigenvalue weighted by Gasteiger charge is 2.33. The molecule has 1 atom stereocenters. The summed E-state index contributed by atoms with van der Waals surface area (Å²) in [5.41, 5.74) is 0. The molecule has 0 aliphatic carbocycles. The normalized spacial score (nSPS) is 22.3. The third-order valence-corrected chi connectivity index (χ3v) is 1.99. The summed E-state index contributed by atoms with van der Waals surface area (Å²) < 4.78 is 10.6. The molecule has 0 unspecified atom stereocenters. The average Bonchev–Trinajstić information content (AvgIpc) is 2.63. The second kappa shape index (κ2) is 4.07. The molecule has 0 bridgehead atoms. The van der Waals surface area contributed by atoms with Crippen LogP contribution in [0.2, 0.25) is 0 Å². The van der Waals surface area contributed by atoms with E-state index in [9.17, 15) is 14.4 Å². The van der Waals surface area contributed by atoms with Crippen molar-refractivity contribution in [1.29, 1.82) is 0 Å². The van der Waals surface area contributed by atoms with E-state index in [2.05, 4.69) is 12.7 Å².